The largest absolute Gasteiger partial charge is 0.757 e. The first-order chi connectivity index (χ1) is 10.2. The smallest absolute Gasteiger partial charge is 0.510 e. The van der Waals surface area contributed by atoms with E-state index in [9.17, 15) is 35.1 Å². The molecule has 1 atom stereocenters. The molecule has 0 saturated carbocycles. The maximum Gasteiger partial charge on any atom is 0.510 e. The minimum absolute atomic E-state index is 0.660. The van der Waals surface area contributed by atoms with Crippen molar-refractivity contribution in [2.24, 2.45) is 4.36 Å². The van der Waals surface area contributed by atoms with Crippen LogP contribution in [0.5, 0.6) is 0 Å². The highest BCUT2D eigenvalue weighted by Crippen LogP contribution is 2.28. The van der Waals surface area contributed by atoms with E-state index in [1.54, 1.807) is 0 Å². The lowest BCUT2D eigenvalue weighted by molar-refractivity contribution is -0.898. The molecule has 0 amide bonds. The Morgan fingerprint density at radius 2 is 1.65 bits per heavy atom. The molecular formula is C11H20F6N2O3S. The maximum absolute atomic E-state index is 11.2. The molecule has 5 nitrogen and oxygen atoms in total. The van der Waals surface area contributed by atoms with Gasteiger partial charge in [-0.05, 0) is 6.92 Å². The first kappa shape index (κ1) is 22.4. The Morgan fingerprint density at radius 3 is 1.96 bits per heavy atom. The molecule has 0 radical (unpaired) electrons. The monoisotopic (exact) mass is 374 g/mol. The summed E-state index contributed by atoms with van der Waals surface area (Å²) in [5, 5.41) is 0. The van der Waals surface area contributed by atoms with Crippen LogP contribution in [-0.4, -0.2) is 64.9 Å². The zero-order valence-corrected chi connectivity index (χ0v) is 13.6. The average molecular weight is 374 g/mol. The van der Waals surface area contributed by atoms with Crippen molar-refractivity contribution in [3.8, 4) is 0 Å². The lowest BCUT2D eigenvalue weighted by Crippen LogP contribution is -2.43. The van der Waals surface area contributed by atoms with Crippen LogP contribution in [0.15, 0.2) is 4.36 Å². The molecule has 1 saturated heterocycles. The molecule has 1 fully saturated rings. The Hall–Kier alpha value is -0.590. The van der Waals surface area contributed by atoms with Crippen LogP contribution in [0.25, 0.3) is 0 Å². The lowest BCUT2D eigenvalue weighted by Gasteiger charge is -2.28. The van der Waals surface area contributed by atoms with E-state index in [1.165, 1.54) is 37.0 Å². The molecule has 0 aromatic rings. The van der Waals surface area contributed by atoms with Crippen molar-refractivity contribution < 1.29 is 44.3 Å². The molecule has 0 aromatic heterocycles. The number of hydrogen-bond acceptors (Lipinski definition) is 4. The second-order valence-electron chi connectivity index (χ2n) is 5.17. The van der Waals surface area contributed by atoms with E-state index in [2.05, 4.69) is 14.0 Å². The van der Waals surface area contributed by atoms with Crippen LogP contribution in [0.3, 0.4) is 0 Å². The second-order valence-corrected chi connectivity index (χ2v) is 6.77. The Kier molecular flexibility index (Phi) is 8.27. The van der Waals surface area contributed by atoms with E-state index in [4.69, 9.17) is 4.74 Å². The fraction of sp³-hybridized carbons (Fsp3) is 1.00. The second kappa shape index (κ2) is 8.49. The number of halogens is 6. The van der Waals surface area contributed by atoms with Gasteiger partial charge in [-0.25, -0.2) is 0 Å². The Morgan fingerprint density at radius 1 is 1.17 bits per heavy atom. The van der Waals surface area contributed by atoms with E-state index >= 15 is 0 Å². The number of alkyl halides is 6. The average Bonchev–Trinajstić information content (AvgIpc) is 2.73. The van der Waals surface area contributed by atoms with E-state index in [1.807, 2.05) is 0 Å². The van der Waals surface area contributed by atoms with Crippen LogP contribution >= 0.6 is 0 Å². The van der Waals surface area contributed by atoms with Crippen molar-refractivity contribution in [2.75, 3.05) is 39.9 Å². The minimum Gasteiger partial charge on any atom is -0.757 e. The van der Waals surface area contributed by atoms with Crippen molar-refractivity contribution in [2.45, 2.75) is 31.6 Å². The van der Waals surface area contributed by atoms with Crippen LogP contribution in [0.4, 0.5) is 26.3 Å². The van der Waals surface area contributed by atoms with Crippen LogP contribution in [-0.2, 0) is 14.7 Å². The van der Waals surface area contributed by atoms with Gasteiger partial charge in [0.25, 0.3) is 0 Å². The fourth-order valence-electron chi connectivity index (χ4n) is 1.94. The molecular weight excluding hydrogens is 354 g/mol. The zero-order valence-electron chi connectivity index (χ0n) is 12.7. The highest BCUT2D eigenvalue weighted by Gasteiger charge is 2.40. The molecule has 0 spiro atoms. The quantitative estimate of drug-likeness (QED) is 0.329. The summed E-state index contributed by atoms with van der Waals surface area (Å²) in [5.41, 5.74) is -6.01. The van der Waals surface area contributed by atoms with Gasteiger partial charge in [0.2, 0.25) is 0 Å². The molecule has 0 N–H and O–H groups in total. The molecule has 0 aromatic carbocycles. The summed E-state index contributed by atoms with van der Waals surface area (Å²) < 4.78 is 93.2. The summed E-state index contributed by atoms with van der Waals surface area (Å²) in [5.74, 6) is 0. The summed E-state index contributed by atoms with van der Waals surface area (Å²) in [6.07, 6.45) is -2.93. The van der Waals surface area contributed by atoms with Gasteiger partial charge >= 0.3 is 11.8 Å². The first-order valence-corrected chi connectivity index (χ1v) is 8.20. The topological polar surface area (TPSA) is 61.7 Å². The molecule has 0 bridgehead atoms. The van der Waals surface area contributed by atoms with Crippen LogP contribution in [0, 0.1) is 0 Å². The van der Waals surface area contributed by atoms with Gasteiger partial charge in [0.15, 0.2) is 0 Å². The Labute approximate surface area is 131 Å². The van der Waals surface area contributed by atoms with Gasteiger partial charge in [-0.1, -0.05) is 0 Å². The summed E-state index contributed by atoms with van der Waals surface area (Å²) in [4.78, 5) is 0. The third-order valence-electron chi connectivity index (χ3n) is 3.14. The van der Waals surface area contributed by atoms with Crippen LogP contribution < -0.4 is 0 Å². The maximum atomic E-state index is 11.2. The van der Waals surface area contributed by atoms with Crippen LogP contribution in [0.1, 0.15) is 19.8 Å². The zero-order chi connectivity index (χ0) is 18.4. The van der Waals surface area contributed by atoms with Gasteiger partial charge in [0.05, 0.1) is 36.8 Å². The molecule has 1 heterocycles. The number of nitrogens with zero attached hydrogens (tertiary/aromatic N) is 2. The van der Waals surface area contributed by atoms with Crippen molar-refractivity contribution in [1.29, 1.82) is 0 Å². The normalized spacial score (nSPS) is 20.4. The first-order valence-electron chi connectivity index (χ1n) is 6.76. The molecule has 0 aliphatic carbocycles. The summed E-state index contributed by atoms with van der Waals surface area (Å²) >= 11 is 0. The number of rotatable bonds is 4. The van der Waals surface area contributed by atoms with Gasteiger partial charge in [-0.3, -0.25) is 4.21 Å². The predicted molar refractivity (Wildman–Crippen MR) is 70.0 cm³/mol. The third-order valence-corrected chi connectivity index (χ3v) is 4.17. The van der Waals surface area contributed by atoms with Gasteiger partial charge in [-0.15, -0.1) is 17.5 Å². The number of quaternary nitrogens is 1. The molecule has 1 aliphatic rings. The molecule has 140 valence electrons. The van der Waals surface area contributed by atoms with Crippen molar-refractivity contribution in [3.05, 3.63) is 0 Å². The molecule has 23 heavy (non-hydrogen) atoms. The molecule has 12 heteroatoms. The molecule has 1 unspecified atom stereocenters. The summed E-state index contributed by atoms with van der Waals surface area (Å²) in [7, 11) is -4.12. The fourth-order valence-corrected chi connectivity index (χ4v) is 2.32. The highest BCUT2D eigenvalue weighted by atomic mass is 32.2. The van der Waals surface area contributed by atoms with Crippen molar-refractivity contribution in [1.82, 2.24) is 0 Å². The summed E-state index contributed by atoms with van der Waals surface area (Å²) in [6, 6.07) is 0. The SMILES string of the molecule is CCOCC[N+]1(C)CCCC1.O=S([O-])(=NC(F)(F)F)C(F)(F)F. The van der Waals surface area contributed by atoms with E-state index in [0.717, 1.165) is 13.2 Å². The highest BCUT2D eigenvalue weighted by molar-refractivity contribution is 7.88. The van der Waals surface area contributed by atoms with Crippen molar-refractivity contribution in [3.63, 3.8) is 0 Å². The van der Waals surface area contributed by atoms with Gasteiger partial charge in [0.1, 0.15) is 6.54 Å². The molecule has 1 aliphatic heterocycles. The van der Waals surface area contributed by atoms with Gasteiger partial charge < -0.3 is 13.8 Å². The standard InChI is InChI=1S/C9H20NO.C2HF6NO2S/c1-3-11-9-8-10(2)6-4-5-7-10;3-1(4,5)9-12(10,11)2(6,7)8/h3-9H2,1-2H3;(H,9,10,11)/q+1;/p-1. The minimum atomic E-state index is -6.46. The molecule has 1 rings (SSSR count). The van der Waals surface area contributed by atoms with Gasteiger partial charge in [-0.2, -0.15) is 13.2 Å². The Bertz CT molecular complexity index is 465. The van der Waals surface area contributed by atoms with Gasteiger partial charge in [0, 0.05) is 19.4 Å². The van der Waals surface area contributed by atoms with Crippen LogP contribution in [0.2, 0.25) is 0 Å². The van der Waals surface area contributed by atoms with E-state index in [-0.39, 0.29) is 0 Å². The predicted octanol–water partition coefficient (Wildman–Crippen LogP) is 2.89. The van der Waals surface area contributed by atoms with E-state index < -0.39 is 21.8 Å². The number of hydrogen-bond donors (Lipinski definition) is 0. The lowest BCUT2D eigenvalue weighted by atomic mass is 10.4. The van der Waals surface area contributed by atoms with Crippen molar-refractivity contribution >= 4 is 10.0 Å². The number of likely N-dealkylation sites (tertiary alicyclic amines) is 1. The number of likely N-dealkylation sites (N-methyl/N-ethyl adjacent to an activating group) is 1. The van der Waals surface area contributed by atoms with E-state index in [0.29, 0.717) is 4.36 Å². The Balaban J connectivity index is 0.000000422. The number of ether oxygens (including phenoxy) is 1. The third kappa shape index (κ3) is 9.33. The summed E-state index contributed by atoms with van der Waals surface area (Å²) in [6.45, 7) is 7.77.